The van der Waals surface area contributed by atoms with E-state index in [1.165, 1.54) is 33.7 Å². The second-order valence-corrected chi connectivity index (χ2v) is 23.8. The Bertz CT molecular complexity index is 3050. The molecule has 1 aromatic heterocycles. The number of nitrogens with two attached hydrogens (primary N) is 2. The fourth-order valence-corrected chi connectivity index (χ4v) is 10.7. The van der Waals surface area contributed by atoms with E-state index in [2.05, 4.69) is 136 Å². The van der Waals surface area contributed by atoms with Crippen molar-refractivity contribution in [3.63, 3.8) is 0 Å². The van der Waals surface area contributed by atoms with Gasteiger partial charge in [0.1, 0.15) is 6.54 Å². The normalized spacial score (nSPS) is 14.9. The largest absolute Gasteiger partial charge is 0.748 e. The van der Waals surface area contributed by atoms with E-state index in [1.807, 2.05) is 13.0 Å². The van der Waals surface area contributed by atoms with E-state index in [0.717, 1.165) is 99.1 Å². The summed E-state index contributed by atoms with van der Waals surface area (Å²) in [5.41, 5.74) is 19.3. The topological polar surface area (TPSA) is 323 Å². The Balaban J connectivity index is 0.00000109. The van der Waals surface area contributed by atoms with Crippen molar-refractivity contribution >= 4 is 73.8 Å². The highest BCUT2D eigenvalue weighted by Gasteiger charge is 2.44. The molecular formula is C58H78F9N9O11S2. The van der Waals surface area contributed by atoms with Gasteiger partial charge in [0.25, 0.3) is 0 Å². The van der Waals surface area contributed by atoms with Gasteiger partial charge in [-0.15, -0.1) is 11.3 Å². The first kappa shape index (κ1) is 77.6. The van der Waals surface area contributed by atoms with Gasteiger partial charge >= 0.3 is 42.5 Å². The minimum atomic E-state index is -5.08. The van der Waals surface area contributed by atoms with Crippen molar-refractivity contribution in [1.82, 2.24) is 20.9 Å². The highest BCUT2D eigenvalue weighted by molar-refractivity contribution is 7.85. The third-order valence-corrected chi connectivity index (χ3v) is 15.4. The highest BCUT2D eigenvalue weighted by atomic mass is 32.2. The zero-order valence-electron chi connectivity index (χ0n) is 49.9. The molecule has 0 bridgehead atoms. The summed E-state index contributed by atoms with van der Waals surface area (Å²) in [6, 6.07) is 16.6. The average molecular weight is 1310 g/mol. The van der Waals surface area contributed by atoms with Crippen LogP contribution in [0.5, 0.6) is 0 Å². The molecule has 0 spiro atoms. The molecular weight excluding hydrogens is 1230 g/mol. The van der Waals surface area contributed by atoms with Crippen molar-refractivity contribution in [2.24, 2.45) is 10.7 Å². The van der Waals surface area contributed by atoms with E-state index < -0.39 is 46.6 Å². The summed E-state index contributed by atoms with van der Waals surface area (Å²) in [4.78, 5) is 63.3. The number of carboxylic acid groups (broad SMARTS) is 3. The lowest BCUT2D eigenvalue weighted by Crippen LogP contribution is -2.43. The van der Waals surface area contributed by atoms with Gasteiger partial charge in [0.2, 0.25) is 11.6 Å². The van der Waals surface area contributed by atoms with Crippen LogP contribution in [0.25, 0.3) is 0 Å². The van der Waals surface area contributed by atoms with E-state index >= 15 is 0 Å². The molecule has 0 aliphatic carbocycles. The summed E-state index contributed by atoms with van der Waals surface area (Å²) in [7, 11) is -4.24. The van der Waals surface area contributed by atoms with Crippen molar-refractivity contribution < 1.29 is 96.4 Å². The SMILES string of the molecule is Cc1nc(N)sc1CCCN=C(N)NC(=O)NCCCCCCCCNC(=O)CCCCC[N+]1=C(C=CC=CC=C2N(CCCCS(=O)(=O)[O-])c3ccccc3C2(C)C)c2ccccc2C1(C)C.O=C(O)C(F)(F)F.O=C(O)C(F)(F)F.O=C(O)C(F)(F)F. The van der Waals surface area contributed by atoms with Crippen LogP contribution in [0.15, 0.2) is 89.6 Å². The maximum absolute atomic E-state index is 12.6. The first-order chi connectivity index (χ1) is 41.3. The maximum Gasteiger partial charge on any atom is 0.490 e. The Morgan fingerprint density at radius 1 is 0.730 bits per heavy atom. The second-order valence-electron chi connectivity index (χ2n) is 21.2. The van der Waals surface area contributed by atoms with Crippen LogP contribution in [0.2, 0.25) is 0 Å². The Labute approximate surface area is 514 Å². The molecule has 0 fully saturated rings. The van der Waals surface area contributed by atoms with Gasteiger partial charge in [0, 0.05) is 91.9 Å². The van der Waals surface area contributed by atoms with Crippen molar-refractivity contribution in [3.8, 4) is 0 Å². The number of aryl methyl sites for hydroxylation is 2. The molecule has 3 aromatic rings. The molecule has 496 valence electrons. The molecule has 5 rings (SSSR count). The number of para-hydroxylation sites is 1. The van der Waals surface area contributed by atoms with Crippen LogP contribution < -0.4 is 32.3 Å². The number of benzene rings is 2. The number of halogens is 9. The number of fused-ring (bicyclic) bond motifs is 2. The van der Waals surface area contributed by atoms with Gasteiger partial charge in [0.15, 0.2) is 16.6 Å². The zero-order valence-corrected chi connectivity index (χ0v) is 51.6. The van der Waals surface area contributed by atoms with Crippen LogP contribution in [0.4, 0.5) is 55.1 Å². The number of nitrogens with zero attached hydrogens (tertiary/aromatic N) is 4. The van der Waals surface area contributed by atoms with Gasteiger partial charge in [-0.1, -0.05) is 94.2 Å². The number of rotatable bonds is 27. The molecule has 0 atom stereocenters. The predicted molar refractivity (Wildman–Crippen MR) is 319 cm³/mol. The molecule has 20 nitrogen and oxygen atoms in total. The number of hydrogen-bond donors (Lipinski definition) is 8. The highest BCUT2D eigenvalue weighted by Crippen LogP contribution is 2.47. The van der Waals surface area contributed by atoms with Gasteiger partial charge in [-0.05, 0) is 82.1 Å². The Kier molecular flexibility index (Phi) is 31.5. The lowest BCUT2D eigenvalue weighted by Gasteiger charge is -2.27. The molecule has 0 radical (unpaired) electrons. The minimum absolute atomic E-state index is 0.110. The number of nitrogen functional groups attached to an aromatic ring is 1. The summed E-state index contributed by atoms with van der Waals surface area (Å²) in [6.45, 7) is 14.2. The lowest BCUT2D eigenvalue weighted by molar-refractivity contribution is -0.604. The smallest absolute Gasteiger partial charge is 0.490 e. The third kappa shape index (κ3) is 28.2. The van der Waals surface area contributed by atoms with Crippen LogP contribution in [-0.2, 0) is 46.7 Å². The average Bonchev–Trinajstić information content (AvgIpc) is 1.98. The summed E-state index contributed by atoms with van der Waals surface area (Å²) < 4.78 is 131. The van der Waals surface area contributed by atoms with Crippen LogP contribution in [-0.4, -0.2) is 136 Å². The monoisotopic (exact) mass is 1310 g/mol. The van der Waals surface area contributed by atoms with Gasteiger partial charge in [-0.3, -0.25) is 15.1 Å². The number of alkyl halides is 9. The number of hydrogen-bond acceptors (Lipinski definition) is 13. The Morgan fingerprint density at radius 3 is 1.81 bits per heavy atom. The number of aliphatic imine (C=N–C) groups is 1. The number of allylic oxidation sites excluding steroid dienone is 6. The molecule has 31 heteroatoms. The van der Waals surface area contributed by atoms with Crippen LogP contribution >= 0.6 is 11.3 Å². The Morgan fingerprint density at radius 2 is 1.26 bits per heavy atom. The summed E-state index contributed by atoms with van der Waals surface area (Å²) >= 11 is 1.49. The van der Waals surface area contributed by atoms with E-state index in [9.17, 15) is 62.1 Å². The molecule has 3 amide bonds. The zero-order chi connectivity index (χ0) is 67.4. The van der Waals surface area contributed by atoms with Crippen molar-refractivity contribution in [2.45, 2.75) is 154 Å². The third-order valence-electron chi connectivity index (χ3n) is 13.6. The van der Waals surface area contributed by atoms with Gasteiger partial charge < -0.3 is 46.9 Å². The van der Waals surface area contributed by atoms with E-state index in [1.54, 1.807) is 0 Å². The molecule has 2 aliphatic rings. The fraction of sp³-hybridized carbons (Fsp3) is 0.517. The lowest BCUT2D eigenvalue weighted by atomic mass is 9.84. The number of urea groups is 1. The number of amides is 3. The summed E-state index contributed by atoms with van der Waals surface area (Å²) in [6.07, 6.45) is 7.28. The van der Waals surface area contributed by atoms with Crippen molar-refractivity contribution in [3.05, 3.63) is 112 Å². The molecule has 89 heavy (non-hydrogen) atoms. The van der Waals surface area contributed by atoms with Crippen LogP contribution in [0.1, 0.15) is 138 Å². The summed E-state index contributed by atoms with van der Waals surface area (Å²) in [5, 5.41) is 30.5. The molecule has 2 aliphatic heterocycles. The number of thiazole rings is 1. The number of unbranched alkanes of at least 4 members (excludes halogenated alkanes) is 8. The molecule has 3 heterocycles. The van der Waals surface area contributed by atoms with Crippen LogP contribution in [0.3, 0.4) is 0 Å². The van der Waals surface area contributed by atoms with E-state index in [-0.39, 0.29) is 34.6 Å². The second kappa shape index (κ2) is 36.2. The molecule has 0 saturated heterocycles. The molecule has 2 aromatic carbocycles. The molecule has 10 N–H and O–H groups in total. The van der Waals surface area contributed by atoms with Crippen LogP contribution in [0, 0.1) is 6.92 Å². The number of carbonyl (C=O) groups is 5. The Hall–Kier alpha value is -7.54. The van der Waals surface area contributed by atoms with Crippen molar-refractivity contribution in [2.75, 3.05) is 49.1 Å². The minimum Gasteiger partial charge on any atom is -0.748 e. The number of carboxylic acids is 3. The quantitative estimate of drug-likeness (QED) is 0.00669. The number of nitrogens with one attached hydrogen (secondary N) is 3. The van der Waals surface area contributed by atoms with E-state index in [4.69, 9.17) is 41.2 Å². The van der Waals surface area contributed by atoms with Crippen molar-refractivity contribution in [1.29, 1.82) is 0 Å². The number of aromatic nitrogens is 1. The number of anilines is 2. The van der Waals surface area contributed by atoms with E-state index in [0.29, 0.717) is 50.6 Å². The first-order valence-electron chi connectivity index (χ1n) is 28.2. The number of guanidine groups is 1. The summed E-state index contributed by atoms with van der Waals surface area (Å²) in [5.74, 6) is -8.39. The first-order valence-corrected chi connectivity index (χ1v) is 30.6. The molecule has 0 unspecified atom stereocenters. The number of aliphatic carboxylic acids is 3. The number of carbonyl (C=O) groups excluding carboxylic acids is 2. The van der Waals surface area contributed by atoms with Gasteiger partial charge in [-0.2, -0.15) is 39.5 Å². The van der Waals surface area contributed by atoms with Gasteiger partial charge in [0.05, 0.1) is 21.4 Å². The fourth-order valence-electron chi connectivity index (χ4n) is 9.23. The predicted octanol–water partition coefficient (Wildman–Crippen LogP) is 10.4. The maximum atomic E-state index is 12.6. The molecule has 0 saturated carbocycles. The van der Waals surface area contributed by atoms with Gasteiger partial charge in [-0.25, -0.2) is 37.2 Å². The standard InChI is InChI=1S/C52H75N9O5S2.3C2HF3O2/c1-39-45(67-49(54)58-39)30-24-35-56-48(53)59-50(63)57-34-20-9-7-6-8-19-33-55-47(62)32-14-11-21-37-61-43(40-25-15-16-26-41(40)52(61,4)5)28-12-10-13-31-46-51(2,3)42-27-17-18-29-44(42)60(46)36-22-23-38-68(64,65)66;3*3-2(4,5)1(6)7/h10,12-13,15-18,25-29,31H,6-9,11,14,19-24,30,32-38H2,1-5H3,(H7-,53,54,55,56,57,58,59,62,63,64,65,66);3*(H,6,7).